The van der Waals surface area contributed by atoms with Gasteiger partial charge in [0.1, 0.15) is 0 Å². The number of rotatable bonds is 5. The Kier molecular flexibility index (Phi) is 2.97. The second-order valence-electron chi connectivity index (χ2n) is 3.26. The predicted molar refractivity (Wildman–Crippen MR) is 56.4 cm³/mol. The average Bonchev–Trinajstić information content (AvgIpc) is 2.68. The van der Waals surface area contributed by atoms with Gasteiger partial charge in [0.05, 0.1) is 12.1 Å². The van der Waals surface area contributed by atoms with Crippen LogP contribution in [0, 0.1) is 0 Å². The van der Waals surface area contributed by atoms with Gasteiger partial charge in [-0.15, -0.1) is 0 Å². The van der Waals surface area contributed by atoms with Gasteiger partial charge < -0.3 is 9.30 Å². The molecular formula is C11H12N2O2. The number of fused-ring (bicyclic) bond motifs is 1. The molecule has 4 nitrogen and oxygen atoms in total. The zero-order valence-corrected chi connectivity index (χ0v) is 8.30. The number of carbonyl (C=O) groups is 1. The van der Waals surface area contributed by atoms with E-state index < -0.39 is 0 Å². The summed E-state index contributed by atoms with van der Waals surface area (Å²) < 4.78 is 6.77. The number of aromatic nitrogens is 2. The first kappa shape index (κ1) is 9.71. The second kappa shape index (κ2) is 4.59. The molecule has 0 N–H and O–H groups in total. The van der Waals surface area contributed by atoms with Gasteiger partial charge in [0.25, 0.3) is 6.47 Å². The Labute approximate surface area is 87.5 Å². The maximum Gasteiger partial charge on any atom is 0.293 e. The molecule has 0 saturated carbocycles. The molecule has 0 atom stereocenters. The van der Waals surface area contributed by atoms with Crippen LogP contribution in [-0.2, 0) is 16.1 Å². The number of carbonyl (C=O) groups excluding carboxylic acids is 1. The Morgan fingerprint density at radius 3 is 3.27 bits per heavy atom. The molecule has 78 valence electrons. The molecule has 0 bridgehead atoms. The molecule has 0 spiro atoms. The van der Waals surface area contributed by atoms with Crippen LogP contribution in [-0.4, -0.2) is 22.6 Å². The third-order valence-electron chi connectivity index (χ3n) is 2.30. The average molecular weight is 204 g/mol. The Hall–Kier alpha value is -1.84. The van der Waals surface area contributed by atoms with E-state index in [1.165, 1.54) is 0 Å². The van der Waals surface area contributed by atoms with E-state index in [4.69, 9.17) is 0 Å². The van der Waals surface area contributed by atoms with Gasteiger partial charge in [-0.1, -0.05) is 0 Å². The maximum absolute atomic E-state index is 9.94. The summed E-state index contributed by atoms with van der Waals surface area (Å²) in [6.07, 6.45) is 6.46. The van der Waals surface area contributed by atoms with E-state index in [1.54, 1.807) is 6.20 Å². The fraction of sp³-hybridized carbons (Fsp3) is 0.273. The summed E-state index contributed by atoms with van der Waals surface area (Å²) in [4.78, 5) is 14.0. The van der Waals surface area contributed by atoms with Crippen molar-refractivity contribution >= 4 is 17.4 Å². The van der Waals surface area contributed by atoms with Crippen molar-refractivity contribution in [1.82, 2.24) is 9.55 Å². The van der Waals surface area contributed by atoms with Crippen molar-refractivity contribution in [3.8, 4) is 0 Å². The molecule has 2 aromatic rings. The summed E-state index contributed by atoms with van der Waals surface area (Å²) in [6.45, 7) is 1.80. The van der Waals surface area contributed by atoms with Crippen molar-refractivity contribution in [3.05, 3.63) is 30.7 Å². The Bertz CT molecular complexity index is 451. The van der Waals surface area contributed by atoms with Crippen molar-refractivity contribution in [2.45, 2.75) is 13.0 Å². The van der Waals surface area contributed by atoms with Crippen LogP contribution in [0.25, 0.3) is 10.9 Å². The van der Waals surface area contributed by atoms with Gasteiger partial charge in [0, 0.05) is 30.5 Å². The minimum Gasteiger partial charge on any atom is -0.468 e. The summed E-state index contributed by atoms with van der Waals surface area (Å²) in [5.41, 5.74) is 1.16. The Morgan fingerprint density at radius 1 is 1.47 bits per heavy atom. The highest BCUT2D eigenvalue weighted by Crippen LogP contribution is 2.13. The number of hydrogen-bond acceptors (Lipinski definition) is 3. The van der Waals surface area contributed by atoms with E-state index in [0.717, 1.165) is 23.9 Å². The number of ether oxygens (including phenoxy) is 1. The summed E-state index contributed by atoms with van der Waals surface area (Å²) in [7, 11) is 0. The first-order chi connectivity index (χ1) is 7.42. The van der Waals surface area contributed by atoms with Crippen molar-refractivity contribution < 1.29 is 9.53 Å². The van der Waals surface area contributed by atoms with E-state index in [9.17, 15) is 4.79 Å². The van der Waals surface area contributed by atoms with Crippen LogP contribution in [0.4, 0.5) is 0 Å². The molecule has 0 saturated heterocycles. The van der Waals surface area contributed by atoms with Gasteiger partial charge in [0.2, 0.25) is 0 Å². The van der Waals surface area contributed by atoms with Gasteiger partial charge >= 0.3 is 0 Å². The minimum absolute atomic E-state index is 0.467. The van der Waals surface area contributed by atoms with Gasteiger partial charge in [-0.05, 0) is 18.6 Å². The van der Waals surface area contributed by atoms with Crippen LogP contribution in [0.1, 0.15) is 6.42 Å². The first-order valence-electron chi connectivity index (χ1n) is 4.86. The summed E-state index contributed by atoms with van der Waals surface area (Å²) >= 11 is 0. The topological polar surface area (TPSA) is 44.1 Å². The molecule has 2 aromatic heterocycles. The molecule has 15 heavy (non-hydrogen) atoms. The summed E-state index contributed by atoms with van der Waals surface area (Å²) in [5, 5.41) is 1.13. The monoisotopic (exact) mass is 204 g/mol. The summed E-state index contributed by atoms with van der Waals surface area (Å²) in [6, 6.07) is 4.01. The smallest absolute Gasteiger partial charge is 0.293 e. The van der Waals surface area contributed by atoms with Gasteiger partial charge in [-0.3, -0.25) is 9.78 Å². The number of hydrogen-bond donors (Lipinski definition) is 0. The van der Waals surface area contributed by atoms with Crippen LogP contribution in [0.2, 0.25) is 0 Å². The maximum atomic E-state index is 9.94. The molecule has 2 heterocycles. The molecule has 0 aliphatic carbocycles. The molecule has 0 aliphatic rings. The molecule has 4 heteroatoms. The quantitative estimate of drug-likeness (QED) is 0.549. The van der Waals surface area contributed by atoms with Crippen LogP contribution in [0.15, 0.2) is 30.7 Å². The highest BCUT2D eigenvalue weighted by atomic mass is 16.5. The zero-order chi connectivity index (χ0) is 10.5. The van der Waals surface area contributed by atoms with Gasteiger partial charge in [-0.2, -0.15) is 0 Å². The number of pyridine rings is 1. The second-order valence-corrected chi connectivity index (χ2v) is 3.26. The molecule has 0 amide bonds. The number of nitrogens with zero attached hydrogens (tertiary/aromatic N) is 2. The normalized spacial score (nSPS) is 10.4. The van der Waals surface area contributed by atoms with Crippen LogP contribution in [0.5, 0.6) is 0 Å². The van der Waals surface area contributed by atoms with E-state index in [1.807, 2.05) is 24.5 Å². The molecule has 0 unspecified atom stereocenters. The minimum atomic E-state index is 0.467. The van der Waals surface area contributed by atoms with Crippen LogP contribution < -0.4 is 0 Å². The van der Waals surface area contributed by atoms with Crippen molar-refractivity contribution in [3.63, 3.8) is 0 Å². The lowest BCUT2D eigenvalue weighted by Crippen LogP contribution is -2.00. The molecule has 0 fully saturated rings. The lowest BCUT2D eigenvalue weighted by atomic mass is 10.3. The van der Waals surface area contributed by atoms with E-state index in [0.29, 0.717) is 13.1 Å². The molecule has 2 rings (SSSR count). The van der Waals surface area contributed by atoms with E-state index in [-0.39, 0.29) is 0 Å². The molecular weight excluding hydrogens is 192 g/mol. The molecule has 0 aromatic carbocycles. The molecule has 0 radical (unpaired) electrons. The van der Waals surface area contributed by atoms with Crippen molar-refractivity contribution in [1.29, 1.82) is 0 Å². The standard InChI is InChI=1S/C11H12N2O2/c14-9-15-7-1-5-13-6-3-10-8-12-4-2-11(10)13/h2-4,6,8-9H,1,5,7H2. The summed E-state index contributed by atoms with van der Waals surface area (Å²) in [5.74, 6) is 0. The van der Waals surface area contributed by atoms with E-state index in [2.05, 4.69) is 14.3 Å². The van der Waals surface area contributed by atoms with E-state index >= 15 is 0 Å². The highest BCUT2D eigenvalue weighted by Gasteiger charge is 1.99. The van der Waals surface area contributed by atoms with Gasteiger partial charge in [-0.25, -0.2) is 0 Å². The van der Waals surface area contributed by atoms with Crippen LogP contribution in [0.3, 0.4) is 0 Å². The fourth-order valence-corrected chi connectivity index (χ4v) is 1.60. The number of aryl methyl sites for hydroxylation is 1. The lowest BCUT2D eigenvalue weighted by Gasteiger charge is -2.03. The third-order valence-corrected chi connectivity index (χ3v) is 2.30. The Balaban J connectivity index is 2.05. The predicted octanol–water partition coefficient (Wildman–Crippen LogP) is 1.60. The first-order valence-corrected chi connectivity index (χ1v) is 4.86. The SMILES string of the molecule is O=COCCCn1ccc2cnccc21. The van der Waals surface area contributed by atoms with Crippen molar-refractivity contribution in [2.75, 3.05) is 6.61 Å². The molecule has 0 aliphatic heterocycles. The van der Waals surface area contributed by atoms with Gasteiger partial charge in [0.15, 0.2) is 0 Å². The van der Waals surface area contributed by atoms with Crippen LogP contribution >= 0.6 is 0 Å². The fourth-order valence-electron chi connectivity index (χ4n) is 1.60. The Morgan fingerprint density at radius 2 is 2.40 bits per heavy atom. The third kappa shape index (κ3) is 2.15. The van der Waals surface area contributed by atoms with Crippen molar-refractivity contribution in [2.24, 2.45) is 0 Å². The zero-order valence-electron chi connectivity index (χ0n) is 8.30. The largest absolute Gasteiger partial charge is 0.468 e. The lowest BCUT2D eigenvalue weighted by molar-refractivity contribution is -0.128. The highest BCUT2D eigenvalue weighted by molar-refractivity contribution is 5.78.